The molecule has 5 nitrogen and oxygen atoms in total. The van der Waals surface area contributed by atoms with Gasteiger partial charge < -0.3 is 4.42 Å². The van der Waals surface area contributed by atoms with Gasteiger partial charge in [0.05, 0.1) is 17.0 Å². The van der Waals surface area contributed by atoms with Gasteiger partial charge in [-0.3, -0.25) is 0 Å². The zero-order valence-electron chi connectivity index (χ0n) is 15.0. The topological polar surface area (TPSA) is 72.2 Å². The van der Waals surface area contributed by atoms with Crippen molar-refractivity contribution in [3.05, 3.63) is 77.4 Å². The molecular weight excluding hydrogens is 367 g/mol. The molecule has 3 rings (SSSR count). The third kappa shape index (κ3) is 5.24. The number of aryl methyl sites for hydroxylation is 2. The minimum absolute atomic E-state index is 0.0231. The fourth-order valence-corrected chi connectivity index (χ4v) is 3.77. The van der Waals surface area contributed by atoms with Crippen LogP contribution in [0.15, 0.2) is 59.0 Å². The van der Waals surface area contributed by atoms with Gasteiger partial charge in [-0.05, 0) is 31.0 Å². The maximum atomic E-state index is 13.9. The van der Waals surface area contributed by atoms with Gasteiger partial charge >= 0.3 is 0 Å². The Morgan fingerprint density at radius 2 is 1.74 bits per heavy atom. The summed E-state index contributed by atoms with van der Waals surface area (Å²) in [6.45, 7) is 1.94. The molecule has 0 fully saturated rings. The molecule has 7 heteroatoms. The van der Waals surface area contributed by atoms with Gasteiger partial charge in [-0.15, -0.1) is 0 Å². The lowest BCUT2D eigenvalue weighted by molar-refractivity contribution is 0.531. The summed E-state index contributed by atoms with van der Waals surface area (Å²) >= 11 is 0. The summed E-state index contributed by atoms with van der Waals surface area (Å²) in [5.41, 5.74) is 1.87. The van der Waals surface area contributed by atoms with Crippen molar-refractivity contribution in [1.29, 1.82) is 0 Å². The van der Waals surface area contributed by atoms with Crippen LogP contribution in [0.5, 0.6) is 0 Å². The minimum atomic E-state index is -3.38. The maximum absolute atomic E-state index is 13.9. The molecule has 0 aliphatic carbocycles. The van der Waals surface area contributed by atoms with Crippen molar-refractivity contribution >= 4 is 10.0 Å². The van der Waals surface area contributed by atoms with Gasteiger partial charge in [-0.2, -0.15) is 0 Å². The summed E-state index contributed by atoms with van der Waals surface area (Å²) in [7, 11) is -3.38. The number of rotatable bonds is 8. The quantitative estimate of drug-likeness (QED) is 0.641. The van der Waals surface area contributed by atoms with E-state index in [9.17, 15) is 12.8 Å². The summed E-state index contributed by atoms with van der Waals surface area (Å²) in [6.07, 6.45) is 0.824. The second kappa shape index (κ2) is 8.45. The number of nitrogens with zero attached hydrogens (tertiary/aromatic N) is 1. The van der Waals surface area contributed by atoms with E-state index in [2.05, 4.69) is 9.71 Å². The summed E-state index contributed by atoms with van der Waals surface area (Å²) in [6, 6.07) is 15.7. The van der Waals surface area contributed by atoms with Crippen LogP contribution in [0.2, 0.25) is 0 Å². The number of benzene rings is 2. The van der Waals surface area contributed by atoms with E-state index in [1.165, 1.54) is 6.07 Å². The van der Waals surface area contributed by atoms with Gasteiger partial charge in [0.15, 0.2) is 0 Å². The molecule has 1 heterocycles. The second-order valence-corrected chi connectivity index (χ2v) is 8.13. The van der Waals surface area contributed by atoms with Crippen molar-refractivity contribution in [2.45, 2.75) is 19.8 Å². The average Bonchev–Trinajstić information content (AvgIpc) is 3.02. The predicted octanol–water partition coefficient (Wildman–Crippen LogP) is 3.49. The van der Waals surface area contributed by atoms with E-state index in [-0.39, 0.29) is 23.8 Å². The number of nitrogens with one attached hydrogen (secondary N) is 1. The lowest BCUT2D eigenvalue weighted by Gasteiger charge is -2.06. The second-order valence-electron chi connectivity index (χ2n) is 6.20. The fraction of sp³-hybridized carbons (Fsp3) is 0.250. The molecule has 0 radical (unpaired) electrons. The lowest BCUT2D eigenvalue weighted by Crippen LogP contribution is -2.29. The van der Waals surface area contributed by atoms with Crippen molar-refractivity contribution in [3.63, 3.8) is 0 Å². The Morgan fingerprint density at radius 3 is 2.48 bits per heavy atom. The summed E-state index contributed by atoms with van der Waals surface area (Å²) in [4.78, 5) is 4.31. The molecule has 1 N–H and O–H groups in total. The first-order valence-corrected chi connectivity index (χ1v) is 10.3. The highest BCUT2D eigenvalue weighted by atomic mass is 32.2. The highest BCUT2D eigenvalue weighted by molar-refractivity contribution is 7.89. The Kier molecular flexibility index (Phi) is 6.03. The van der Waals surface area contributed by atoms with Crippen LogP contribution in [-0.2, 0) is 22.9 Å². The molecule has 0 bridgehead atoms. The fourth-order valence-electron chi connectivity index (χ4n) is 2.70. The highest BCUT2D eigenvalue weighted by Crippen LogP contribution is 2.24. The van der Waals surface area contributed by atoms with Crippen LogP contribution in [0.25, 0.3) is 11.5 Å². The highest BCUT2D eigenvalue weighted by Gasteiger charge is 2.15. The lowest BCUT2D eigenvalue weighted by atomic mass is 10.2. The number of aromatic nitrogens is 1. The zero-order chi connectivity index (χ0) is 19.3. The molecule has 3 aromatic rings. The van der Waals surface area contributed by atoms with Crippen LogP contribution in [0.3, 0.4) is 0 Å². The molecule has 0 saturated heterocycles. The normalized spacial score (nSPS) is 11.6. The van der Waals surface area contributed by atoms with Crippen molar-refractivity contribution in [1.82, 2.24) is 9.71 Å². The predicted molar refractivity (Wildman–Crippen MR) is 102 cm³/mol. The van der Waals surface area contributed by atoms with Gasteiger partial charge in [0.2, 0.25) is 15.9 Å². The molecule has 0 atom stereocenters. The van der Waals surface area contributed by atoms with Crippen molar-refractivity contribution in [2.24, 2.45) is 0 Å². The molecule has 0 amide bonds. The Balaban J connectivity index is 1.56. The number of sulfonamides is 1. The van der Waals surface area contributed by atoms with E-state index < -0.39 is 15.8 Å². The zero-order valence-corrected chi connectivity index (χ0v) is 15.8. The van der Waals surface area contributed by atoms with Crippen LogP contribution in [0, 0.1) is 12.7 Å². The van der Waals surface area contributed by atoms with E-state index in [1.54, 1.807) is 25.1 Å². The number of halogens is 1. The molecule has 0 spiro atoms. The standard InChI is InChI=1S/C20H21FN2O3S/c1-15-19(23-20(26-15)17-9-5-6-10-18(17)21)11-13-22-27(24,25)14-12-16-7-3-2-4-8-16/h2-10,22H,11-14H2,1H3. The third-order valence-electron chi connectivity index (χ3n) is 4.18. The Morgan fingerprint density at radius 1 is 1.04 bits per heavy atom. The van der Waals surface area contributed by atoms with E-state index in [1.807, 2.05) is 30.3 Å². The molecule has 2 aromatic carbocycles. The van der Waals surface area contributed by atoms with Crippen LogP contribution < -0.4 is 4.72 Å². The van der Waals surface area contributed by atoms with E-state index >= 15 is 0 Å². The van der Waals surface area contributed by atoms with Crippen LogP contribution in [0.4, 0.5) is 4.39 Å². The Hall–Kier alpha value is -2.51. The molecule has 0 aliphatic heterocycles. The first kappa shape index (κ1) is 19.3. The van der Waals surface area contributed by atoms with Crippen LogP contribution in [-0.4, -0.2) is 25.7 Å². The number of hydrogen-bond acceptors (Lipinski definition) is 4. The largest absolute Gasteiger partial charge is 0.441 e. The number of oxazole rings is 1. The summed E-state index contributed by atoms with van der Waals surface area (Å²) in [5.74, 6) is 0.367. The minimum Gasteiger partial charge on any atom is -0.441 e. The number of hydrogen-bond donors (Lipinski definition) is 1. The molecule has 0 aliphatic rings. The molecule has 27 heavy (non-hydrogen) atoms. The maximum Gasteiger partial charge on any atom is 0.229 e. The monoisotopic (exact) mass is 388 g/mol. The van der Waals surface area contributed by atoms with Gasteiger partial charge in [0.1, 0.15) is 11.6 Å². The first-order chi connectivity index (χ1) is 12.9. The Labute approximate surface area is 158 Å². The van der Waals surface area contributed by atoms with Crippen LogP contribution in [0.1, 0.15) is 17.0 Å². The van der Waals surface area contributed by atoms with Crippen molar-refractivity contribution < 1.29 is 17.2 Å². The van der Waals surface area contributed by atoms with E-state index in [0.29, 0.717) is 24.3 Å². The van der Waals surface area contributed by atoms with Crippen molar-refractivity contribution in [3.8, 4) is 11.5 Å². The molecule has 0 unspecified atom stereocenters. The Bertz CT molecular complexity index is 1000. The van der Waals surface area contributed by atoms with Crippen molar-refractivity contribution in [2.75, 3.05) is 12.3 Å². The van der Waals surface area contributed by atoms with Gasteiger partial charge in [-0.1, -0.05) is 42.5 Å². The van der Waals surface area contributed by atoms with Crippen LogP contribution >= 0.6 is 0 Å². The first-order valence-electron chi connectivity index (χ1n) is 8.67. The van der Waals surface area contributed by atoms with Gasteiger partial charge in [0, 0.05) is 13.0 Å². The SMILES string of the molecule is Cc1oc(-c2ccccc2F)nc1CCNS(=O)(=O)CCc1ccccc1. The van der Waals surface area contributed by atoms with Gasteiger partial charge in [-0.25, -0.2) is 22.5 Å². The molecule has 142 valence electrons. The molecule has 0 saturated carbocycles. The molecular formula is C20H21FN2O3S. The smallest absolute Gasteiger partial charge is 0.229 e. The average molecular weight is 388 g/mol. The molecule has 1 aromatic heterocycles. The van der Waals surface area contributed by atoms with E-state index in [0.717, 1.165) is 5.56 Å². The van der Waals surface area contributed by atoms with Gasteiger partial charge in [0.25, 0.3) is 0 Å². The third-order valence-corrected chi connectivity index (χ3v) is 5.57. The summed E-state index contributed by atoms with van der Waals surface area (Å²) < 4.78 is 46.3. The summed E-state index contributed by atoms with van der Waals surface area (Å²) in [5, 5.41) is 0. The van der Waals surface area contributed by atoms with E-state index in [4.69, 9.17) is 4.42 Å².